The van der Waals surface area contributed by atoms with Crippen molar-refractivity contribution < 1.29 is 0 Å². The highest BCUT2D eigenvalue weighted by Gasteiger charge is 2.07. The van der Waals surface area contributed by atoms with Crippen LogP contribution in [0.5, 0.6) is 0 Å². The van der Waals surface area contributed by atoms with Gasteiger partial charge >= 0.3 is 0 Å². The fraction of sp³-hybridized carbons (Fsp3) is 0.100. The van der Waals surface area contributed by atoms with E-state index in [4.69, 9.17) is 15.7 Å². The van der Waals surface area contributed by atoms with Crippen LogP contribution in [0.4, 0.5) is 5.69 Å². The molecule has 0 fully saturated rings. The van der Waals surface area contributed by atoms with Crippen LogP contribution < -0.4 is 5.73 Å². The van der Waals surface area contributed by atoms with E-state index in [1.54, 1.807) is 11.3 Å². The molecule has 0 saturated heterocycles. The summed E-state index contributed by atoms with van der Waals surface area (Å²) in [5.41, 5.74) is 11.1. The van der Waals surface area contributed by atoms with E-state index < -0.39 is 0 Å². The minimum Gasteiger partial charge on any atom is -0.398 e. The normalized spacial score (nSPS) is 11.0. The van der Waals surface area contributed by atoms with Gasteiger partial charge in [0.15, 0.2) is 0 Å². The first kappa shape index (κ1) is 14.8. The smallest absolute Gasteiger partial charge is 0.0936 e. The van der Waals surface area contributed by atoms with E-state index in [-0.39, 0.29) is 0 Å². The Kier molecular flexibility index (Phi) is 3.97. The number of benzene rings is 2. The second kappa shape index (κ2) is 6.42. The van der Waals surface area contributed by atoms with Gasteiger partial charge in [-0.2, -0.15) is 0 Å². The predicted molar refractivity (Wildman–Crippen MR) is 101 cm³/mol. The lowest BCUT2D eigenvalue weighted by Gasteiger charge is -2.05. The number of fused-ring (bicyclic) bond motifs is 1. The van der Waals surface area contributed by atoms with Gasteiger partial charge in [0.1, 0.15) is 0 Å². The molecule has 24 heavy (non-hydrogen) atoms. The van der Waals surface area contributed by atoms with Crippen LogP contribution in [0, 0.1) is 0 Å². The number of nitrogen functional groups attached to an aromatic ring is 1. The summed E-state index contributed by atoms with van der Waals surface area (Å²) in [5.74, 6) is 0. The van der Waals surface area contributed by atoms with Gasteiger partial charge in [-0.15, -0.1) is 11.3 Å². The van der Waals surface area contributed by atoms with Gasteiger partial charge in [0.2, 0.25) is 0 Å². The van der Waals surface area contributed by atoms with Crippen molar-refractivity contribution in [2.45, 2.75) is 12.8 Å². The van der Waals surface area contributed by atoms with Crippen molar-refractivity contribution in [3.63, 3.8) is 0 Å². The number of hydrogen-bond acceptors (Lipinski definition) is 4. The average Bonchev–Trinajstić information content (AvgIpc) is 3.10. The molecule has 2 aromatic heterocycles. The molecule has 4 aromatic rings. The first-order valence-corrected chi connectivity index (χ1v) is 8.81. The van der Waals surface area contributed by atoms with Gasteiger partial charge in [0.05, 0.1) is 16.2 Å². The maximum absolute atomic E-state index is 6.15. The van der Waals surface area contributed by atoms with Crippen molar-refractivity contribution in [1.82, 2.24) is 9.97 Å². The van der Waals surface area contributed by atoms with E-state index in [9.17, 15) is 0 Å². The van der Waals surface area contributed by atoms with E-state index in [0.29, 0.717) is 0 Å². The Morgan fingerprint density at radius 3 is 2.54 bits per heavy atom. The summed E-state index contributed by atoms with van der Waals surface area (Å²) in [7, 11) is 0. The van der Waals surface area contributed by atoms with Gasteiger partial charge in [-0.25, -0.2) is 4.98 Å². The van der Waals surface area contributed by atoms with E-state index in [0.717, 1.165) is 51.4 Å². The molecule has 118 valence electrons. The van der Waals surface area contributed by atoms with E-state index in [2.05, 4.69) is 17.5 Å². The first-order chi connectivity index (χ1) is 11.8. The third-order valence-corrected chi connectivity index (χ3v) is 4.93. The molecule has 2 heterocycles. The summed E-state index contributed by atoms with van der Waals surface area (Å²) in [6, 6.07) is 20.2. The summed E-state index contributed by atoms with van der Waals surface area (Å²) >= 11 is 1.70. The summed E-state index contributed by atoms with van der Waals surface area (Å²) in [6.45, 7) is 0. The summed E-state index contributed by atoms with van der Waals surface area (Å²) in [5, 5.41) is 4.26. The number of aromatic nitrogens is 2. The quantitative estimate of drug-likeness (QED) is 0.588. The summed E-state index contributed by atoms with van der Waals surface area (Å²) < 4.78 is 0. The fourth-order valence-corrected chi connectivity index (χ4v) is 3.60. The number of pyridine rings is 1. The highest BCUT2D eigenvalue weighted by atomic mass is 32.1. The highest BCUT2D eigenvalue weighted by Crippen LogP contribution is 2.24. The Balaban J connectivity index is 1.52. The fourth-order valence-electron chi connectivity index (χ4n) is 2.79. The molecular formula is C20H17N3S. The monoisotopic (exact) mass is 331 g/mol. The topological polar surface area (TPSA) is 51.8 Å². The molecular weight excluding hydrogens is 314 g/mol. The van der Waals surface area contributed by atoms with Crippen LogP contribution in [0.2, 0.25) is 0 Å². The Hall–Kier alpha value is -2.72. The van der Waals surface area contributed by atoms with Gasteiger partial charge in [-0.3, -0.25) is 4.98 Å². The van der Waals surface area contributed by atoms with Gasteiger partial charge in [-0.05, 0) is 18.6 Å². The zero-order chi connectivity index (χ0) is 16.4. The predicted octanol–water partition coefficient (Wildman–Crippen LogP) is 4.73. The van der Waals surface area contributed by atoms with Crippen molar-refractivity contribution >= 4 is 27.9 Å². The third-order valence-electron chi connectivity index (χ3n) is 4.02. The molecule has 4 heteroatoms. The van der Waals surface area contributed by atoms with E-state index >= 15 is 0 Å². The van der Waals surface area contributed by atoms with Crippen molar-refractivity contribution in [3.05, 3.63) is 76.7 Å². The van der Waals surface area contributed by atoms with Crippen molar-refractivity contribution in [3.8, 4) is 11.3 Å². The van der Waals surface area contributed by atoms with Crippen molar-refractivity contribution in [2.75, 3.05) is 5.73 Å². The molecule has 0 aliphatic carbocycles. The number of anilines is 1. The standard InChI is InChI=1S/C20H17N3S/c21-17-12-15(22-18-9-5-4-8-16(17)18)10-11-20-23-19(13-24-20)14-6-2-1-3-7-14/h1-9,12-13H,10-11H2,(H2,21,22). The number of thiazole rings is 1. The Labute approximate surface area is 144 Å². The highest BCUT2D eigenvalue weighted by molar-refractivity contribution is 7.09. The first-order valence-electron chi connectivity index (χ1n) is 7.93. The van der Waals surface area contributed by atoms with Crippen LogP contribution in [0.1, 0.15) is 10.7 Å². The summed E-state index contributed by atoms with van der Waals surface area (Å²) in [6.07, 6.45) is 1.72. The zero-order valence-electron chi connectivity index (χ0n) is 13.1. The molecule has 0 atom stereocenters. The minimum atomic E-state index is 0.791. The zero-order valence-corrected chi connectivity index (χ0v) is 14.0. The van der Waals surface area contributed by atoms with Crippen molar-refractivity contribution in [1.29, 1.82) is 0 Å². The molecule has 0 amide bonds. The van der Waals surface area contributed by atoms with Crippen LogP contribution in [-0.2, 0) is 12.8 Å². The van der Waals surface area contributed by atoms with Gasteiger partial charge < -0.3 is 5.73 Å². The van der Waals surface area contributed by atoms with E-state index in [1.165, 1.54) is 0 Å². The van der Waals surface area contributed by atoms with Gasteiger partial charge in [0, 0.05) is 34.1 Å². The third kappa shape index (κ3) is 3.01. The number of aryl methyl sites for hydroxylation is 2. The number of nitrogens with two attached hydrogens (primary N) is 1. The largest absolute Gasteiger partial charge is 0.398 e. The molecule has 2 N–H and O–H groups in total. The molecule has 4 rings (SSSR count). The molecule has 0 spiro atoms. The van der Waals surface area contributed by atoms with Crippen LogP contribution in [0.15, 0.2) is 66.0 Å². The maximum Gasteiger partial charge on any atom is 0.0936 e. The molecule has 0 radical (unpaired) electrons. The average molecular weight is 331 g/mol. The Bertz CT molecular complexity index is 977. The number of hydrogen-bond donors (Lipinski definition) is 1. The lowest BCUT2D eigenvalue weighted by molar-refractivity contribution is 0.912. The van der Waals surface area contributed by atoms with Gasteiger partial charge in [0.25, 0.3) is 0 Å². The number of para-hydroxylation sites is 1. The number of rotatable bonds is 4. The van der Waals surface area contributed by atoms with Crippen LogP contribution >= 0.6 is 11.3 Å². The lowest BCUT2D eigenvalue weighted by Crippen LogP contribution is -1.98. The molecule has 2 aromatic carbocycles. The Morgan fingerprint density at radius 2 is 1.67 bits per heavy atom. The molecule has 3 nitrogen and oxygen atoms in total. The molecule has 0 bridgehead atoms. The number of nitrogens with zero attached hydrogens (tertiary/aromatic N) is 2. The SMILES string of the molecule is Nc1cc(CCc2nc(-c3ccccc3)cs2)nc2ccccc12. The van der Waals surface area contributed by atoms with Crippen LogP contribution in [-0.4, -0.2) is 9.97 Å². The second-order valence-corrected chi connectivity index (χ2v) is 6.66. The molecule has 0 aliphatic rings. The van der Waals surface area contributed by atoms with E-state index in [1.807, 2.05) is 48.5 Å². The maximum atomic E-state index is 6.15. The second-order valence-electron chi connectivity index (χ2n) is 5.71. The van der Waals surface area contributed by atoms with Crippen molar-refractivity contribution in [2.24, 2.45) is 0 Å². The Morgan fingerprint density at radius 1 is 0.875 bits per heavy atom. The lowest BCUT2D eigenvalue weighted by atomic mass is 10.1. The minimum absolute atomic E-state index is 0.791. The van der Waals surface area contributed by atoms with Crippen LogP contribution in [0.25, 0.3) is 22.2 Å². The molecule has 0 saturated carbocycles. The molecule has 0 aliphatic heterocycles. The molecule has 0 unspecified atom stereocenters. The summed E-state index contributed by atoms with van der Waals surface area (Å²) in [4.78, 5) is 9.45. The van der Waals surface area contributed by atoms with Gasteiger partial charge in [-0.1, -0.05) is 48.5 Å². The van der Waals surface area contributed by atoms with Crippen LogP contribution in [0.3, 0.4) is 0 Å².